The van der Waals surface area contributed by atoms with E-state index in [1.54, 1.807) is 0 Å². The summed E-state index contributed by atoms with van der Waals surface area (Å²) in [6, 6.07) is 0. The lowest BCUT2D eigenvalue weighted by molar-refractivity contribution is 0.609. The fourth-order valence-electron chi connectivity index (χ4n) is 2.08. The van der Waals surface area contributed by atoms with E-state index in [2.05, 4.69) is 22.9 Å². The predicted octanol–water partition coefficient (Wildman–Crippen LogP) is 2.02. The average molecular weight is 207 g/mol. The second-order valence-corrected chi connectivity index (χ2v) is 3.85. The molecular formula is C12H21N3. The molecule has 1 aromatic heterocycles. The summed E-state index contributed by atoms with van der Waals surface area (Å²) < 4.78 is 0. The van der Waals surface area contributed by atoms with Gasteiger partial charge in [-0.3, -0.25) is 0 Å². The molecule has 0 atom stereocenters. The third-order valence-corrected chi connectivity index (χ3v) is 2.87. The number of hydrogen-bond acceptors (Lipinski definition) is 3. The lowest BCUT2D eigenvalue weighted by atomic mass is 9.94. The molecule has 2 N–H and O–H groups in total. The van der Waals surface area contributed by atoms with Gasteiger partial charge >= 0.3 is 0 Å². The van der Waals surface area contributed by atoms with Gasteiger partial charge in [0.05, 0.1) is 11.9 Å². The van der Waals surface area contributed by atoms with E-state index in [1.807, 2.05) is 6.20 Å². The first-order valence-electron chi connectivity index (χ1n) is 5.75. The third kappa shape index (κ3) is 3.27. The number of rotatable bonds is 0. The lowest BCUT2D eigenvalue weighted by Crippen LogP contribution is -2.04. The van der Waals surface area contributed by atoms with Crippen molar-refractivity contribution in [1.82, 2.24) is 10.2 Å². The van der Waals surface area contributed by atoms with Crippen molar-refractivity contribution in [2.45, 2.75) is 45.4 Å². The zero-order valence-corrected chi connectivity index (χ0v) is 9.79. The van der Waals surface area contributed by atoms with Gasteiger partial charge in [0.2, 0.25) is 0 Å². The van der Waals surface area contributed by atoms with Crippen LogP contribution in [0.5, 0.6) is 0 Å². The number of nitrogens with two attached hydrogens (primary N) is 1. The van der Waals surface area contributed by atoms with Crippen molar-refractivity contribution in [3.05, 3.63) is 23.0 Å². The monoisotopic (exact) mass is 207 g/mol. The van der Waals surface area contributed by atoms with E-state index < -0.39 is 0 Å². The van der Waals surface area contributed by atoms with Crippen LogP contribution in [0.15, 0.2) is 6.20 Å². The second-order valence-electron chi connectivity index (χ2n) is 3.85. The van der Waals surface area contributed by atoms with Crippen LogP contribution in [-0.2, 0) is 12.8 Å². The molecule has 3 heteroatoms. The molecule has 0 saturated carbocycles. The van der Waals surface area contributed by atoms with Crippen molar-refractivity contribution in [2.24, 2.45) is 5.73 Å². The van der Waals surface area contributed by atoms with Gasteiger partial charge in [0.15, 0.2) is 0 Å². The molecule has 0 fully saturated rings. The summed E-state index contributed by atoms with van der Waals surface area (Å²) in [4.78, 5) is 0. The normalized spacial score (nSPS) is 15.4. The molecule has 0 spiro atoms. The number of hydrogen-bond donors (Lipinski definition) is 1. The Bertz CT molecular complexity index is 297. The van der Waals surface area contributed by atoms with Crippen LogP contribution >= 0.6 is 0 Å². The highest BCUT2D eigenvalue weighted by atomic mass is 15.1. The van der Waals surface area contributed by atoms with Gasteiger partial charge in [-0.15, -0.1) is 0 Å². The fraction of sp³-hybridized carbons (Fsp3) is 0.667. The molecule has 3 nitrogen and oxygen atoms in total. The molecule has 0 aromatic carbocycles. The van der Waals surface area contributed by atoms with E-state index in [1.165, 1.54) is 56.7 Å². The van der Waals surface area contributed by atoms with Crippen molar-refractivity contribution in [3.8, 4) is 0 Å². The summed E-state index contributed by atoms with van der Waals surface area (Å²) in [5.41, 5.74) is 8.54. The third-order valence-electron chi connectivity index (χ3n) is 2.87. The molecule has 84 valence electrons. The van der Waals surface area contributed by atoms with E-state index in [0.717, 1.165) is 5.69 Å². The topological polar surface area (TPSA) is 51.8 Å². The number of fused-ring (bicyclic) bond motifs is 1. The first-order valence-corrected chi connectivity index (χ1v) is 5.75. The summed E-state index contributed by atoms with van der Waals surface area (Å²) in [6.45, 7) is 2.08. The minimum absolute atomic E-state index is 1.14. The van der Waals surface area contributed by atoms with Gasteiger partial charge in [0, 0.05) is 0 Å². The molecule has 1 heterocycles. The fourth-order valence-corrected chi connectivity index (χ4v) is 2.08. The summed E-state index contributed by atoms with van der Waals surface area (Å²) in [5.74, 6) is 0. The zero-order valence-electron chi connectivity index (χ0n) is 9.79. The Hall–Kier alpha value is -0.960. The molecule has 0 saturated heterocycles. The Morgan fingerprint density at radius 1 is 1.07 bits per heavy atom. The van der Waals surface area contributed by atoms with Crippen molar-refractivity contribution in [2.75, 3.05) is 7.05 Å². The molecule has 15 heavy (non-hydrogen) atoms. The minimum Gasteiger partial charge on any atom is -0.333 e. The van der Waals surface area contributed by atoms with Crippen LogP contribution in [0.1, 0.15) is 42.5 Å². The SMILES string of the molecule is CN.Cc1nncc2c1CCCCCC2. The molecule has 0 radical (unpaired) electrons. The minimum atomic E-state index is 1.14. The molecular weight excluding hydrogens is 186 g/mol. The Morgan fingerprint density at radius 3 is 2.47 bits per heavy atom. The highest BCUT2D eigenvalue weighted by Gasteiger charge is 2.09. The van der Waals surface area contributed by atoms with Crippen molar-refractivity contribution in [1.29, 1.82) is 0 Å². The number of nitrogens with zero attached hydrogens (tertiary/aromatic N) is 2. The summed E-state index contributed by atoms with van der Waals surface area (Å²) in [5, 5.41) is 8.13. The van der Waals surface area contributed by atoms with Gasteiger partial charge in [0.25, 0.3) is 0 Å². The second kappa shape index (κ2) is 6.51. The number of aromatic nitrogens is 2. The summed E-state index contributed by atoms with van der Waals surface area (Å²) >= 11 is 0. The van der Waals surface area contributed by atoms with Gasteiger partial charge in [-0.2, -0.15) is 10.2 Å². The standard InChI is InChI=1S/C11H16N2.CH5N/c1-9-11-7-5-3-2-4-6-10(11)8-12-13-9;1-2/h8H,2-7H2,1H3;2H2,1H3. The maximum absolute atomic E-state index is 4.50. The molecule has 0 bridgehead atoms. The molecule has 0 amide bonds. The highest BCUT2D eigenvalue weighted by molar-refractivity contribution is 5.27. The molecule has 1 aromatic rings. The van der Waals surface area contributed by atoms with Crippen LogP contribution in [-0.4, -0.2) is 17.2 Å². The van der Waals surface area contributed by atoms with E-state index in [4.69, 9.17) is 0 Å². The van der Waals surface area contributed by atoms with Crippen LogP contribution in [0.2, 0.25) is 0 Å². The van der Waals surface area contributed by atoms with Crippen molar-refractivity contribution >= 4 is 0 Å². The predicted molar refractivity (Wildman–Crippen MR) is 62.8 cm³/mol. The van der Waals surface area contributed by atoms with Crippen LogP contribution in [0.3, 0.4) is 0 Å². The van der Waals surface area contributed by atoms with Crippen molar-refractivity contribution in [3.63, 3.8) is 0 Å². The van der Waals surface area contributed by atoms with Crippen molar-refractivity contribution < 1.29 is 0 Å². The largest absolute Gasteiger partial charge is 0.333 e. The smallest absolute Gasteiger partial charge is 0.0634 e. The van der Waals surface area contributed by atoms with Crippen LogP contribution in [0.4, 0.5) is 0 Å². The van der Waals surface area contributed by atoms with E-state index >= 15 is 0 Å². The molecule has 0 aliphatic heterocycles. The van der Waals surface area contributed by atoms with Gasteiger partial charge < -0.3 is 5.73 Å². The Labute approximate surface area is 92.1 Å². The van der Waals surface area contributed by atoms with Gasteiger partial charge in [0.1, 0.15) is 0 Å². The number of aryl methyl sites for hydroxylation is 2. The maximum atomic E-state index is 4.50. The Balaban J connectivity index is 0.000000531. The van der Waals surface area contributed by atoms with Crippen LogP contribution in [0.25, 0.3) is 0 Å². The molecule has 0 unspecified atom stereocenters. The van der Waals surface area contributed by atoms with Gasteiger partial charge in [-0.1, -0.05) is 12.8 Å². The highest BCUT2D eigenvalue weighted by Crippen LogP contribution is 2.20. The lowest BCUT2D eigenvalue weighted by Gasteiger charge is -2.13. The molecule has 2 rings (SSSR count). The van der Waals surface area contributed by atoms with E-state index in [9.17, 15) is 0 Å². The van der Waals surface area contributed by atoms with Gasteiger partial charge in [-0.25, -0.2) is 0 Å². The van der Waals surface area contributed by atoms with E-state index in [0.29, 0.717) is 0 Å². The summed E-state index contributed by atoms with van der Waals surface area (Å²) in [6.07, 6.45) is 9.75. The van der Waals surface area contributed by atoms with Gasteiger partial charge in [-0.05, 0) is 50.8 Å². The van der Waals surface area contributed by atoms with E-state index in [-0.39, 0.29) is 0 Å². The molecule has 1 aliphatic rings. The zero-order chi connectivity index (χ0) is 11.1. The Kier molecular flexibility index (Phi) is 5.26. The van der Waals surface area contributed by atoms with Crippen LogP contribution in [0, 0.1) is 6.92 Å². The molecule has 1 aliphatic carbocycles. The average Bonchev–Trinajstić information content (AvgIpc) is 2.23. The quantitative estimate of drug-likeness (QED) is 0.708. The first-order chi connectivity index (χ1) is 7.38. The summed E-state index contributed by atoms with van der Waals surface area (Å²) in [7, 11) is 1.50. The Morgan fingerprint density at radius 2 is 1.73 bits per heavy atom. The maximum Gasteiger partial charge on any atom is 0.0634 e. The van der Waals surface area contributed by atoms with Crippen LogP contribution < -0.4 is 5.73 Å². The first kappa shape index (κ1) is 12.1.